The molecule has 0 radical (unpaired) electrons. The third-order valence-corrected chi connectivity index (χ3v) is 10.5. The minimum atomic E-state index is -0.415. The number of carbonyl (C=O) groups is 1. The molecule has 5 saturated carbocycles. The fraction of sp³-hybridized carbons (Fsp3) is 0.967. The maximum absolute atomic E-state index is 12.8. The average Bonchev–Trinajstić information content (AvgIpc) is 3.68. The van der Waals surface area contributed by atoms with Gasteiger partial charge in [-0.15, -0.1) is 0 Å². The predicted molar refractivity (Wildman–Crippen MR) is 137 cm³/mol. The van der Waals surface area contributed by atoms with E-state index in [2.05, 4.69) is 6.92 Å². The normalized spacial score (nSPS) is 36.7. The van der Waals surface area contributed by atoms with Crippen LogP contribution in [0.2, 0.25) is 0 Å². The summed E-state index contributed by atoms with van der Waals surface area (Å²) in [5.41, 5.74) is -0.415. The first-order chi connectivity index (χ1) is 17.5. The molecule has 0 amide bonds. The molecule has 6 heteroatoms. The van der Waals surface area contributed by atoms with Crippen LogP contribution in [0, 0.1) is 40.9 Å². The Kier molecular flexibility index (Phi) is 8.97. The van der Waals surface area contributed by atoms with E-state index in [0.29, 0.717) is 49.1 Å². The predicted octanol–water partition coefficient (Wildman–Crippen LogP) is 6.11. The molecular weight excluding hydrogens is 456 g/mol. The van der Waals surface area contributed by atoms with Crippen LogP contribution in [0.5, 0.6) is 0 Å². The Morgan fingerprint density at radius 1 is 0.778 bits per heavy atom. The van der Waals surface area contributed by atoms with Crippen LogP contribution in [0.15, 0.2) is 0 Å². The summed E-state index contributed by atoms with van der Waals surface area (Å²) in [6, 6.07) is 0. The van der Waals surface area contributed by atoms with Crippen molar-refractivity contribution >= 4 is 5.97 Å². The zero-order valence-corrected chi connectivity index (χ0v) is 23.0. The lowest BCUT2D eigenvalue weighted by molar-refractivity contribution is -0.175. The molecule has 5 aliphatic rings. The summed E-state index contributed by atoms with van der Waals surface area (Å²) < 4.78 is 30.9. The summed E-state index contributed by atoms with van der Waals surface area (Å²) in [4.78, 5) is 12.8. The third kappa shape index (κ3) is 5.97. The van der Waals surface area contributed by atoms with Crippen molar-refractivity contribution in [3.63, 3.8) is 0 Å². The molecule has 2 bridgehead atoms. The van der Waals surface area contributed by atoms with E-state index < -0.39 is 5.41 Å². The first-order valence-corrected chi connectivity index (χ1v) is 15.1. The smallest absolute Gasteiger partial charge is 0.311 e. The van der Waals surface area contributed by atoms with Gasteiger partial charge < -0.3 is 23.7 Å². The fourth-order valence-corrected chi connectivity index (χ4v) is 7.97. The second-order valence-electron chi connectivity index (χ2n) is 13.2. The van der Waals surface area contributed by atoms with Gasteiger partial charge in [0.1, 0.15) is 19.7 Å². The van der Waals surface area contributed by atoms with E-state index in [1.807, 2.05) is 13.8 Å². The van der Waals surface area contributed by atoms with Gasteiger partial charge in [-0.1, -0.05) is 32.6 Å². The molecule has 5 aliphatic carbocycles. The van der Waals surface area contributed by atoms with Gasteiger partial charge in [0.25, 0.3) is 0 Å². The molecule has 0 aromatic heterocycles. The molecule has 7 unspecified atom stereocenters. The molecule has 0 saturated heterocycles. The van der Waals surface area contributed by atoms with Crippen LogP contribution in [0.3, 0.4) is 0 Å². The highest BCUT2D eigenvalue weighted by Gasteiger charge is 2.62. The average molecular weight is 507 g/mol. The number of rotatable bonds is 13. The summed E-state index contributed by atoms with van der Waals surface area (Å²) in [7, 11) is 0. The number of fused-ring (bicyclic) bond motifs is 5. The summed E-state index contributed by atoms with van der Waals surface area (Å²) in [5.74, 6) is 3.28. The largest absolute Gasteiger partial charge is 0.462 e. The number of esters is 1. The van der Waals surface area contributed by atoms with Crippen molar-refractivity contribution in [2.75, 3.05) is 26.8 Å². The monoisotopic (exact) mass is 506 g/mol. The van der Waals surface area contributed by atoms with Crippen LogP contribution in [0.1, 0.15) is 97.8 Å². The molecule has 6 nitrogen and oxygen atoms in total. The number of hydrogen-bond donors (Lipinski definition) is 0. The van der Waals surface area contributed by atoms with Crippen molar-refractivity contribution in [1.29, 1.82) is 0 Å². The SMILES string of the molecule is CCC(C)(C)C(=O)OC1CC2CC1C1CC(OCOCC3CCCC3)C(OCOCC3CCCC3)C21. The third-order valence-electron chi connectivity index (χ3n) is 10.5. The van der Waals surface area contributed by atoms with Crippen LogP contribution < -0.4 is 0 Å². The maximum Gasteiger partial charge on any atom is 0.311 e. The van der Waals surface area contributed by atoms with Crippen molar-refractivity contribution in [2.24, 2.45) is 40.9 Å². The van der Waals surface area contributed by atoms with Crippen molar-refractivity contribution < 1.29 is 28.5 Å². The molecule has 0 N–H and O–H groups in total. The maximum atomic E-state index is 12.8. The van der Waals surface area contributed by atoms with E-state index in [4.69, 9.17) is 23.7 Å². The number of ether oxygens (including phenoxy) is 5. The summed E-state index contributed by atoms with van der Waals surface area (Å²) in [6.45, 7) is 8.37. The Balaban J connectivity index is 1.16. The lowest BCUT2D eigenvalue weighted by Crippen LogP contribution is -2.39. The lowest BCUT2D eigenvalue weighted by atomic mass is 9.79. The molecule has 36 heavy (non-hydrogen) atoms. The second-order valence-corrected chi connectivity index (χ2v) is 13.2. The number of carbonyl (C=O) groups excluding carboxylic acids is 1. The molecule has 5 fully saturated rings. The zero-order chi connectivity index (χ0) is 25.1. The lowest BCUT2D eigenvalue weighted by Gasteiger charge is -2.35. The number of hydrogen-bond acceptors (Lipinski definition) is 6. The van der Waals surface area contributed by atoms with Gasteiger partial charge in [0.2, 0.25) is 0 Å². The van der Waals surface area contributed by atoms with Crippen molar-refractivity contribution in [3.05, 3.63) is 0 Å². The van der Waals surface area contributed by atoms with Crippen molar-refractivity contribution in [1.82, 2.24) is 0 Å². The minimum absolute atomic E-state index is 0.0329. The highest BCUT2D eigenvalue weighted by molar-refractivity contribution is 5.76. The van der Waals surface area contributed by atoms with Gasteiger partial charge >= 0.3 is 5.97 Å². The molecule has 206 valence electrons. The summed E-state index contributed by atoms with van der Waals surface area (Å²) >= 11 is 0. The molecule has 0 heterocycles. The van der Waals surface area contributed by atoms with Crippen LogP contribution in [-0.4, -0.2) is 51.1 Å². The van der Waals surface area contributed by atoms with E-state index >= 15 is 0 Å². The molecule has 5 rings (SSSR count). The van der Waals surface area contributed by atoms with Crippen LogP contribution in [0.4, 0.5) is 0 Å². The quantitative estimate of drug-likeness (QED) is 0.171. The van der Waals surface area contributed by atoms with Crippen LogP contribution in [-0.2, 0) is 28.5 Å². The van der Waals surface area contributed by atoms with Gasteiger partial charge in [-0.2, -0.15) is 0 Å². The van der Waals surface area contributed by atoms with Gasteiger partial charge in [0.15, 0.2) is 0 Å². The topological polar surface area (TPSA) is 63.2 Å². The minimum Gasteiger partial charge on any atom is -0.462 e. The Bertz CT molecular complexity index is 712. The fourth-order valence-electron chi connectivity index (χ4n) is 7.97. The first kappa shape index (κ1) is 26.9. The van der Waals surface area contributed by atoms with Gasteiger partial charge in [0.05, 0.1) is 30.8 Å². The molecule has 0 spiro atoms. The van der Waals surface area contributed by atoms with E-state index in [1.54, 1.807) is 0 Å². The van der Waals surface area contributed by atoms with Gasteiger partial charge in [-0.3, -0.25) is 4.79 Å². The van der Waals surface area contributed by atoms with Gasteiger partial charge in [-0.05, 0) is 101 Å². The molecular formula is C30H50O6. The van der Waals surface area contributed by atoms with Gasteiger partial charge in [0, 0.05) is 0 Å². The molecule has 0 aromatic carbocycles. The van der Waals surface area contributed by atoms with E-state index in [9.17, 15) is 4.79 Å². The molecule has 0 aliphatic heterocycles. The van der Waals surface area contributed by atoms with E-state index in [0.717, 1.165) is 38.9 Å². The Labute approximate surface area is 218 Å². The van der Waals surface area contributed by atoms with Crippen molar-refractivity contribution in [2.45, 2.75) is 116 Å². The van der Waals surface area contributed by atoms with Gasteiger partial charge in [-0.25, -0.2) is 0 Å². The van der Waals surface area contributed by atoms with Crippen LogP contribution >= 0.6 is 0 Å². The highest BCUT2D eigenvalue weighted by atomic mass is 16.7. The molecule has 7 atom stereocenters. The van der Waals surface area contributed by atoms with Crippen molar-refractivity contribution in [3.8, 4) is 0 Å². The Morgan fingerprint density at radius 3 is 2.00 bits per heavy atom. The summed E-state index contributed by atoms with van der Waals surface area (Å²) in [5, 5.41) is 0. The van der Waals surface area contributed by atoms with E-state index in [-0.39, 0.29) is 24.3 Å². The van der Waals surface area contributed by atoms with E-state index in [1.165, 1.54) is 51.4 Å². The summed E-state index contributed by atoms with van der Waals surface area (Å²) in [6.07, 6.45) is 14.5. The first-order valence-electron chi connectivity index (χ1n) is 15.1. The highest BCUT2D eigenvalue weighted by Crippen LogP contribution is 2.60. The van der Waals surface area contributed by atoms with Crippen LogP contribution in [0.25, 0.3) is 0 Å². The Morgan fingerprint density at radius 2 is 1.39 bits per heavy atom. The second kappa shape index (κ2) is 12.0. The Hall–Kier alpha value is -0.690. The zero-order valence-electron chi connectivity index (χ0n) is 23.0. The molecule has 0 aromatic rings. The standard InChI is InChI=1S/C30H50O6/c1-4-30(2,3)29(31)36-25-14-22-13-23(25)24-15-26(34-18-32-16-20-9-5-6-10-20)28(27(22)24)35-19-33-17-21-11-7-8-12-21/h20-28H,4-19H2,1-3H3.